The van der Waals surface area contributed by atoms with Crippen LogP contribution in [0.15, 0.2) is 24.3 Å². The first kappa shape index (κ1) is 12.6. The number of hydrogen-bond donors (Lipinski definition) is 1. The Bertz CT molecular complexity index is 392. The summed E-state index contributed by atoms with van der Waals surface area (Å²) in [4.78, 5) is 13.5. The Hall–Kier alpha value is -0.820. The molecule has 1 aliphatic heterocycles. The van der Waals surface area contributed by atoms with Gasteiger partial charge in [-0.2, -0.15) is 0 Å². The number of piperazine rings is 1. The number of nitrogens with one attached hydrogen (secondary N) is 1. The summed E-state index contributed by atoms with van der Waals surface area (Å²) in [5, 5.41) is 3.20. The van der Waals surface area contributed by atoms with Crippen molar-refractivity contribution in [2.45, 2.75) is 6.61 Å². The van der Waals surface area contributed by atoms with E-state index in [0.717, 1.165) is 35.3 Å². The molecule has 0 spiro atoms. The summed E-state index contributed by atoms with van der Waals surface area (Å²) in [5.74, 6) is 0. The lowest BCUT2D eigenvalue weighted by Crippen LogP contribution is -2.46. The molecule has 2 rings (SSSR count). The highest BCUT2D eigenvalue weighted by Gasteiger charge is 2.17. The van der Waals surface area contributed by atoms with Gasteiger partial charge in [0.05, 0.1) is 0 Å². The standard InChI is InChI=1S/C12H15IN2O2/c13-11-3-1-2-10(8-11)9-17-12(16)15-6-4-14-5-7-15/h1-3,8,14H,4-7,9H2. The fourth-order valence-corrected chi connectivity index (χ4v) is 2.32. The summed E-state index contributed by atoms with van der Waals surface area (Å²) >= 11 is 2.25. The van der Waals surface area contributed by atoms with Gasteiger partial charge in [-0.1, -0.05) is 12.1 Å². The molecule has 0 aliphatic carbocycles. The highest BCUT2D eigenvalue weighted by atomic mass is 127. The Balaban J connectivity index is 1.83. The molecule has 1 saturated heterocycles. The molecule has 17 heavy (non-hydrogen) atoms. The van der Waals surface area contributed by atoms with Gasteiger partial charge in [-0.05, 0) is 40.3 Å². The minimum Gasteiger partial charge on any atom is -0.445 e. The van der Waals surface area contributed by atoms with E-state index < -0.39 is 0 Å². The predicted octanol–water partition coefficient (Wildman–Crippen LogP) is 1.83. The minimum absolute atomic E-state index is 0.217. The van der Waals surface area contributed by atoms with Crippen molar-refractivity contribution in [1.82, 2.24) is 10.2 Å². The number of amides is 1. The van der Waals surface area contributed by atoms with Crippen LogP contribution in [0, 0.1) is 3.57 Å². The lowest BCUT2D eigenvalue weighted by atomic mass is 10.2. The molecule has 5 heteroatoms. The number of halogens is 1. The zero-order chi connectivity index (χ0) is 12.1. The molecular formula is C12H15IN2O2. The zero-order valence-corrected chi connectivity index (χ0v) is 11.6. The van der Waals surface area contributed by atoms with E-state index in [1.807, 2.05) is 24.3 Å². The third kappa shape index (κ3) is 3.85. The molecule has 1 amide bonds. The summed E-state index contributed by atoms with van der Waals surface area (Å²) in [6.45, 7) is 3.49. The topological polar surface area (TPSA) is 41.6 Å². The number of rotatable bonds is 2. The first-order chi connectivity index (χ1) is 8.25. The molecule has 0 radical (unpaired) electrons. The quantitative estimate of drug-likeness (QED) is 0.831. The Morgan fingerprint density at radius 1 is 1.41 bits per heavy atom. The average Bonchev–Trinajstić information content (AvgIpc) is 2.37. The van der Waals surface area contributed by atoms with E-state index in [2.05, 4.69) is 27.9 Å². The number of carbonyl (C=O) groups excluding carboxylic acids is 1. The van der Waals surface area contributed by atoms with Gasteiger partial charge in [0, 0.05) is 29.7 Å². The maximum absolute atomic E-state index is 11.7. The van der Waals surface area contributed by atoms with Crippen LogP contribution in [0.2, 0.25) is 0 Å². The normalized spacial score (nSPS) is 15.7. The van der Waals surface area contributed by atoms with Crippen LogP contribution in [-0.4, -0.2) is 37.2 Å². The van der Waals surface area contributed by atoms with Gasteiger partial charge in [-0.25, -0.2) is 4.79 Å². The lowest BCUT2D eigenvalue weighted by molar-refractivity contribution is 0.0918. The van der Waals surface area contributed by atoms with Crippen molar-refractivity contribution in [3.05, 3.63) is 33.4 Å². The summed E-state index contributed by atoms with van der Waals surface area (Å²) < 4.78 is 6.43. The molecule has 0 unspecified atom stereocenters. The molecule has 0 bridgehead atoms. The number of hydrogen-bond acceptors (Lipinski definition) is 3. The van der Waals surface area contributed by atoms with Crippen molar-refractivity contribution in [2.75, 3.05) is 26.2 Å². The minimum atomic E-state index is -0.217. The van der Waals surface area contributed by atoms with Crippen LogP contribution in [0.3, 0.4) is 0 Å². The molecule has 0 atom stereocenters. The van der Waals surface area contributed by atoms with Gasteiger partial charge in [-0.15, -0.1) is 0 Å². The highest BCUT2D eigenvalue weighted by Crippen LogP contribution is 2.09. The van der Waals surface area contributed by atoms with Gasteiger partial charge in [-0.3, -0.25) is 0 Å². The van der Waals surface area contributed by atoms with E-state index in [0.29, 0.717) is 6.61 Å². The number of ether oxygens (including phenoxy) is 1. The van der Waals surface area contributed by atoms with Crippen LogP contribution in [0.4, 0.5) is 4.79 Å². The number of benzene rings is 1. The van der Waals surface area contributed by atoms with Crippen molar-refractivity contribution < 1.29 is 9.53 Å². The molecule has 4 nitrogen and oxygen atoms in total. The Kier molecular flexibility index (Phi) is 4.61. The van der Waals surface area contributed by atoms with E-state index in [9.17, 15) is 4.79 Å². The molecular weight excluding hydrogens is 331 g/mol. The van der Waals surface area contributed by atoms with Crippen molar-refractivity contribution in [1.29, 1.82) is 0 Å². The van der Waals surface area contributed by atoms with Crippen LogP contribution >= 0.6 is 22.6 Å². The second-order valence-electron chi connectivity index (χ2n) is 3.92. The molecule has 0 saturated carbocycles. The van der Waals surface area contributed by atoms with Crippen LogP contribution in [0.1, 0.15) is 5.56 Å². The average molecular weight is 346 g/mol. The largest absolute Gasteiger partial charge is 0.445 e. The second kappa shape index (κ2) is 6.20. The third-order valence-corrected chi connectivity index (χ3v) is 3.30. The maximum Gasteiger partial charge on any atom is 0.410 e. The van der Waals surface area contributed by atoms with Gasteiger partial charge < -0.3 is 15.0 Å². The van der Waals surface area contributed by atoms with Gasteiger partial charge in [0.1, 0.15) is 6.61 Å². The highest BCUT2D eigenvalue weighted by molar-refractivity contribution is 14.1. The van der Waals surface area contributed by atoms with Crippen LogP contribution in [-0.2, 0) is 11.3 Å². The van der Waals surface area contributed by atoms with Crippen LogP contribution < -0.4 is 5.32 Å². The second-order valence-corrected chi connectivity index (χ2v) is 5.17. The van der Waals surface area contributed by atoms with E-state index in [1.165, 1.54) is 0 Å². The fraction of sp³-hybridized carbons (Fsp3) is 0.417. The molecule has 92 valence electrons. The summed E-state index contributed by atoms with van der Waals surface area (Å²) in [6.07, 6.45) is -0.217. The molecule has 1 aromatic rings. The van der Waals surface area contributed by atoms with Crippen molar-refractivity contribution >= 4 is 28.7 Å². The Morgan fingerprint density at radius 2 is 2.18 bits per heavy atom. The SMILES string of the molecule is O=C(OCc1cccc(I)c1)N1CCNCC1. The number of carbonyl (C=O) groups is 1. The van der Waals surface area contributed by atoms with E-state index in [4.69, 9.17) is 4.74 Å². The summed E-state index contributed by atoms with van der Waals surface area (Å²) in [7, 11) is 0. The predicted molar refractivity (Wildman–Crippen MR) is 73.8 cm³/mol. The van der Waals surface area contributed by atoms with Crippen LogP contribution in [0.5, 0.6) is 0 Å². The molecule has 1 aliphatic rings. The third-order valence-electron chi connectivity index (χ3n) is 2.63. The number of nitrogens with zero attached hydrogens (tertiary/aromatic N) is 1. The van der Waals surface area contributed by atoms with Gasteiger partial charge in [0.25, 0.3) is 0 Å². The Labute approximate surface area is 114 Å². The van der Waals surface area contributed by atoms with Crippen molar-refractivity contribution in [3.8, 4) is 0 Å². The Morgan fingerprint density at radius 3 is 2.88 bits per heavy atom. The van der Waals surface area contributed by atoms with E-state index >= 15 is 0 Å². The lowest BCUT2D eigenvalue weighted by Gasteiger charge is -2.26. The van der Waals surface area contributed by atoms with Crippen LogP contribution in [0.25, 0.3) is 0 Å². The summed E-state index contributed by atoms with van der Waals surface area (Å²) in [5.41, 5.74) is 1.03. The molecule has 1 fully saturated rings. The first-order valence-electron chi connectivity index (χ1n) is 5.62. The van der Waals surface area contributed by atoms with Crippen molar-refractivity contribution in [2.24, 2.45) is 0 Å². The smallest absolute Gasteiger partial charge is 0.410 e. The van der Waals surface area contributed by atoms with Crippen molar-refractivity contribution in [3.63, 3.8) is 0 Å². The molecule has 1 aromatic carbocycles. The molecule has 1 heterocycles. The van der Waals surface area contributed by atoms with Gasteiger partial charge in [0.2, 0.25) is 0 Å². The fourth-order valence-electron chi connectivity index (χ4n) is 1.71. The van der Waals surface area contributed by atoms with Gasteiger partial charge >= 0.3 is 6.09 Å². The summed E-state index contributed by atoms with van der Waals surface area (Å²) in [6, 6.07) is 7.97. The maximum atomic E-state index is 11.7. The van der Waals surface area contributed by atoms with E-state index in [-0.39, 0.29) is 6.09 Å². The van der Waals surface area contributed by atoms with Gasteiger partial charge in [0.15, 0.2) is 0 Å². The molecule has 0 aromatic heterocycles. The first-order valence-corrected chi connectivity index (χ1v) is 6.70. The monoisotopic (exact) mass is 346 g/mol. The molecule has 1 N–H and O–H groups in total. The zero-order valence-electron chi connectivity index (χ0n) is 9.49. The van der Waals surface area contributed by atoms with E-state index in [1.54, 1.807) is 4.90 Å².